The standard InChI is InChI=1S/C16H27NO3/c1-16(2,3)20-9-8-19-12-14-10-13(11-17-4)6-7-15(14)18-5/h6-7,10,17H,8-9,11-12H2,1-5H3. The minimum atomic E-state index is -0.117. The number of nitrogens with one attached hydrogen (secondary N) is 1. The number of ether oxygens (including phenoxy) is 3. The quantitative estimate of drug-likeness (QED) is 0.744. The fourth-order valence-electron chi connectivity index (χ4n) is 1.85. The molecule has 0 aliphatic heterocycles. The first-order valence-electron chi connectivity index (χ1n) is 6.98. The molecule has 1 aromatic carbocycles. The van der Waals surface area contributed by atoms with Gasteiger partial charge in [-0.15, -0.1) is 0 Å². The van der Waals surface area contributed by atoms with E-state index < -0.39 is 0 Å². The summed E-state index contributed by atoms with van der Waals surface area (Å²) in [4.78, 5) is 0. The van der Waals surface area contributed by atoms with Crippen molar-refractivity contribution in [3.63, 3.8) is 0 Å². The Morgan fingerprint density at radius 3 is 2.50 bits per heavy atom. The van der Waals surface area contributed by atoms with E-state index in [2.05, 4.69) is 17.4 Å². The van der Waals surface area contributed by atoms with Crippen LogP contribution in [0.15, 0.2) is 18.2 Å². The second kappa shape index (κ2) is 8.25. The van der Waals surface area contributed by atoms with Crippen molar-refractivity contribution in [2.24, 2.45) is 0 Å². The molecule has 0 saturated heterocycles. The molecule has 4 nitrogen and oxygen atoms in total. The van der Waals surface area contributed by atoms with Gasteiger partial charge in [-0.3, -0.25) is 0 Å². The van der Waals surface area contributed by atoms with E-state index in [9.17, 15) is 0 Å². The van der Waals surface area contributed by atoms with Gasteiger partial charge < -0.3 is 19.5 Å². The summed E-state index contributed by atoms with van der Waals surface area (Å²) in [6, 6.07) is 6.15. The van der Waals surface area contributed by atoms with Gasteiger partial charge in [0.15, 0.2) is 0 Å². The molecule has 0 atom stereocenters. The molecule has 114 valence electrons. The van der Waals surface area contributed by atoms with Crippen LogP contribution in [0.2, 0.25) is 0 Å². The van der Waals surface area contributed by atoms with Gasteiger partial charge >= 0.3 is 0 Å². The first kappa shape index (κ1) is 17.0. The van der Waals surface area contributed by atoms with Crippen LogP contribution in [0.5, 0.6) is 5.75 Å². The van der Waals surface area contributed by atoms with Gasteiger partial charge in [0.1, 0.15) is 5.75 Å². The second-order valence-corrected chi connectivity index (χ2v) is 5.69. The highest BCUT2D eigenvalue weighted by Crippen LogP contribution is 2.20. The van der Waals surface area contributed by atoms with Gasteiger partial charge in [0, 0.05) is 12.1 Å². The number of benzene rings is 1. The highest BCUT2D eigenvalue weighted by Gasteiger charge is 2.09. The lowest BCUT2D eigenvalue weighted by Gasteiger charge is -2.19. The second-order valence-electron chi connectivity index (χ2n) is 5.69. The lowest BCUT2D eigenvalue weighted by atomic mass is 10.1. The molecule has 0 heterocycles. The van der Waals surface area contributed by atoms with E-state index >= 15 is 0 Å². The third-order valence-corrected chi connectivity index (χ3v) is 2.75. The molecule has 0 aromatic heterocycles. The Kier molecular flexibility index (Phi) is 6.99. The Bertz CT molecular complexity index is 399. The normalized spacial score (nSPS) is 11.7. The minimum Gasteiger partial charge on any atom is -0.496 e. The highest BCUT2D eigenvalue weighted by molar-refractivity contribution is 5.36. The van der Waals surface area contributed by atoms with Crippen LogP contribution < -0.4 is 10.1 Å². The van der Waals surface area contributed by atoms with Gasteiger partial charge in [-0.1, -0.05) is 6.07 Å². The van der Waals surface area contributed by atoms with E-state index in [0.717, 1.165) is 17.9 Å². The number of rotatable bonds is 8. The maximum atomic E-state index is 5.67. The molecule has 0 saturated carbocycles. The SMILES string of the molecule is CNCc1ccc(OC)c(COCCOC(C)(C)C)c1. The molecule has 4 heteroatoms. The zero-order chi connectivity index (χ0) is 15.0. The lowest BCUT2D eigenvalue weighted by Crippen LogP contribution is -2.21. The van der Waals surface area contributed by atoms with Crippen molar-refractivity contribution >= 4 is 0 Å². The molecule has 1 aromatic rings. The molecule has 1 N–H and O–H groups in total. The summed E-state index contributed by atoms with van der Waals surface area (Å²) in [5.74, 6) is 0.863. The van der Waals surface area contributed by atoms with Crippen LogP contribution in [0.3, 0.4) is 0 Å². The van der Waals surface area contributed by atoms with Gasteiger partial charge in [0.25, 0.3) is 0 Å². The average Bonchev–Trinajstić information content (AvgIpc) is 2.38. The van der Waals surface area contributed by atoms with Gasteiger partial charge in [-0.2, -0.15) is 0 Å². The summed E-state index contributed by atoms with van der Waals surface area (Å²) in [5, 5.41) is 3.14. The predicted molar refractivity (Wildman–Crippen MR) is 81.1 cm³/mol. The van der Waals surface area contributed by atoms with Crippen LogP contribution in [0.1, 0.15) is 31.9 Å². The Balaban J connectivity index is 2.47. The van der Waals surface area contributed by atoms with Crippen molar-refractivity contribution in [3.8, 4) is 5.75 Å². The van der Waals surface area contributed by atoms with Crippen LogP contribution >= 0.6 is 0 Å². The average molecular weight is 281 g/mol. The number of hydrogen-bond acceptors (Lipinski definition) is 4. The van der Waals surface area contributed by atoms with Crippen molar-refractivity contribution in [2.45, 2.75) is 39.5 Å². The lowest BCUT2D eigenvalue weighted by molar-refractivity contribution is -0.0378. The smallest absolute Gasteiger partial charge is 0.124 e. The van der Waals surface area contributed by atoms with E-state index in [1.807, 2.05) is 33.9 Å². The zero-order valence-corrected chi connectivity index (χ0v) is 13.3. The molecular weight excluding hydrogens is 254 g/mol. The Hall–Kier alpha value is -1.10. The van der Waals surface area contributed by atoms with Crippen molar-refractivity contribution in [2.75, 3.05) is 27.4 Å². The molecule has 0 spiro atoms. The molecule has 20 heavy (non-hydrogen) atoms. The molecule has 0 bridgehead atoms. The van der Waals surface area contributed by atoms with Crippen molar-refractivity contribution in [1.29, 1.82) is 0 Å². The predicted octanol–water partition coefficient (Wildman–Crippen LogP) is 2.75. The molecule has 0 aliphatic rings. The summed E-state index contributed by atoms with van der Waals surface area (Å²) in [6.07, 6.45) is 0. The molecule has 0 aliphatic carbocycles. The fraction of sp³-hybridized carbons (Fsp3) is 0.625. The maximum absolute atomic E-state index is 5.67. The zero-order valence-electron chi connectivity index (χ0n) is 13.3. The van der Waals surface area contributed by atoms with Crippen molar-refractivity contribution in [3.05, 3.63) is 29.3 Å². The summed E-state index contributed by atoms with van der Waals surface area (Å²) < 4.78 is 16.6. The number of methoxy groups -OCH3 is 1. The summed E-state index contributed by atoms with van der Waals surface area (Å²) >= 11 is 0. The van der Waals surface area contributed by atoms with E-state index in [0.29, 0.717) is 19.8 Å². The number of hydrogen-bond donors (Lipinski definition) is 1. The molecule has 0 unspecified atom stereocenters. The molecule has 0 radical (unpaired) electrons. The summed E-state index contributed by atoms with van der Waals surface area (Å²) in [6.45, 7) is 8.67. The third-order valence-electron chi connectivity index (χ3n) is 2.75. The van der Waals surface area contributed by atoms with Gasteiger partial charge in [-0.25, -0.2) is 0 Å². The van der Waals surface area contributed by atoms with Crippen molar-refractivity contribution in [1.82, 2.24) is 5.32 Å². The van der Waals surface area contributed by atoms with Crippen LogP contribution in [-0.4, -0.2) is 33.0 Å². The topological polar surface area (TPSA) is 39.7 Å². The molecule has 0 fully saturated rings. The minimum absolute atomic E-state index is 0.117. The molecular formula is C16H27NO3. The fourth-order valence-corrected chi connectivity index (χ4v) is 1.85. The van der Waals surface area contributed by atoms with E-state index in [4.69, 9.17) is 14.2 Å². The monoisotopic (exact) mass is 281 g/mol. The highest BCUT2D eigenvalue weighted by atomic mass is 16.5. The van der Waals surface area contributed by atoms with Crippen molar-refractivity contribution < 1.29 is 14.2 Å². The third kappa shape index (κ3) is 6.37. The summed E-state index contributed by atoms with van der Waals surface area (Å²) in [7, 11) is 3.61. The Labute approximate surface area is 122 Å². The largest absolute Gasteiger partial charge is 0.496 e. The van der Waals surface area contributed by atoms with E-state index in [1.165, 1.54) is 5.56 Å². The Morgan fingerprint density at radius 1 is 1.15 bits per heavy atom. The maximum Gasteiger partial charge on any atom is 0.124 e. The van der Waals surface area contributed by atoms with Gasteiger partial charge in [0.2, 0.25) is 0 Å². The van der Waals surface area contributed by atoms with Crippen LogP contribution in [0.25, 0.3) is 0 Å². The molecule has 1 rings (SSSR count). The van der Waals surface area contributed by atoms with Crippen LogP contribution in [0, 0.1) is 0 Å². The van der Waals surface area contributed by atoms with E-state index in [1.54, 1.807) is 7.11 Å². The Morgan fingerprint density at radius 2 is 1.90 bits per heavy atom. The first-order chi connectivity index (χ1) is 9.46. The van der Waals surface area contributed by atoms with Crippen LogP contribution in [0.4, 0.5) is 0 Å². The summed E-state index contributed by atoms with van der Waals surface area (Å²) in [5.41, 5.74) is 2.17. The molecule has 0 amide bonds. The first-order valence-corrected chi connectivity index (χ1v) is 6.98. The van der Waals surface area contributed by atoms with Gasteiger partial charge in [-0.05, 0) is 45.5 Å². The van der Waals surface area contributed by atoms with Crippen LogP contribution in [-0.2, 0) is 22.6 Å². The van der Waals surface area contributed by atoms with E-state index in [-0.39, 0.29) is 5.60 Å². The van der Waals surface area contributed by atoms with Gasteiger partial charge in [0.05, 0.1) is 32.5 Å².